The summed E-state index contributed by atoms with van der Waals surface area (Å²) in [5.41, 5.74) is 3.74. The van der Waals surface area contributed by atoms with E-state index in [1.54, 1.807) is 17.6 Å². The van der Waals surface area contributed by atoms with Crippen LogP contribution in [0.4, 0.5) is 0 Å². The maximum Gasteiger partial charge on any atom is 0.254 e. The van der Waals surface area contributed by atoms with Gasteiger partial charge >= 0.3 is 0 Å². The number of carbonyl (C=O) groups is 1. The molecule has 1 aromatic carbocycles. The molecule has 1 aliphatic rings. The number of hydrogen-bond acceptors (Lipinski definition) is 5. The summed E-state index contributed by atoms with van der Waals surface area (Å²) in [4.78, 5) is 17.5. The first-order valence-electron chi connectivity index (χ1n) is 8.35. The Kier molecular flexibility index (Phi) is 7.22. The van der Waals surface area contributed by atoms with E-state index in [-0.39, 0.29) is 5.91 Å². The van der Waals surface area contributed by atoms with E-state index in [1.165, 1.54) is 0 Å². The second kappa shape index (κ2) is 9.62. The highest BCUT2D eigenvalue weighted by molar-refractivity contribution is 9.11. The molecule has 0 radical (unpaired) electrons. The minimum atomic E-state index is -0.0866. The lowest BCUT2D eigenvalue weighted by Crippen LogP contribution is -2.48. The predicted octanol–water partition coefficient (Wildman–Crippen LogP) is 3.43. The van der Waals surface area contributed by atoms with Gasteiger partial charge in [0, 0.05) is 42.6 Å². The molecule has 138 valence electrons. The SMILES string of the molecule is O=C(CN1CCN(Cc2ccccc2Cl)CC1)NN=Cc1ccc(Br)s1. The van der Waals surface area contributed by atoms with E-state index in [4.69, 9.17) is 11.6 Å². The van der Waals surface area contributed by atoms with E-state index in [2.05, 4.69) is 42.3 Å². The fourth-order valence-electron chi connectivity index (χ4n) is 2.78. The summed E-state index contributed by atoms with van der Waals surface area (Å²) in [7, 11) is 0. The van der Waals surface area contributed by atoms with Crippen molar-refractivity contribution in [2.45, 2.75) is 6.54 Å². The first-order valence-corrected chi connectivity index (χ1v) is 10.3. The van der Waals surface area contributed by atoms with Gasteiger partial charge in [0.1, 0.15) is 0 Å². The maximum atomic E-state index is 12.0. The van der Waals surface area contributed by atoms with Crippen LogP contribution in [0.15, 0.2) is 45.3 Å². The van der Waals surface area contributed by atoms with Crippen LogP contribution in [0.25, 0.3) is 0 Å². The molecule has 1 N–H and O–H groups in total. The van der Waals surface area contributed by atoms with Crippen molar-refractivity contribution in [2.75, 3.05) is 32.7 Å². The quantitative estimate of drug-likeness (QED) is 0.536. The Bertz CT molecular complexity index is 774. The number of nitrogens with zero attached hydrogens (tertiary/aromatic N) is 3. The second-order valence-electron chi connectivity index (χ2n) is 6.08. The number of piperazine rings is 1. The molecule has 1 aliphatic heterocycles. The average Bonchev–Trinajstić information content (AvgIpc) is 3.04. The molecular formula is C18H20BrClN4OS. The van der Waals surface area contributed by atoms with Crippen LogP contribution in [0.1, 0.15) is 10.4 Å². The van der Waals surface area contributed by atoms with E-state index in [9.17, 15) is 4.79 Å². The molecule has 1 saturated heterocycles. The normalized spacial score (nSPS) is 16.2. The van der Waals surface area contributed by atoms with Crippen molar-refractivity contribution < 1.29 is 4.79 Å². The lowest BCUT2D eigenvalue weighted by atomic mass is 10.2. The summed E-state index contributed by atoms with van der Waals surface area (Å²) in [6.07, 6.45) is 1.66. The zero-order valence-corrected chi connectivity index (χ0v) is 17.4. The van der Waals surface area contributed by atoms with E-state index < -0.39 is 0 Å². The van der Waals surface area contributed by atoms with Crippen LogP contribution >= 0.6 is 38.9 Å². The van der Waals surface area contributed by atoms with Crippen LogP contribution in [0, 0.1) is 0 Å². The highest BCUT2D eigenvalue weighted by Gasteiger charge is 2.19. The number of halogens is 2. The molecule has 3 rings (SSSR count). The van der Waals surface area contributed by atoms with Gasteiger partial charge in [-0.3, -0.25) is 14.6 Å². The average molecular weight is 456 g/mol. The van der Waals surface area contributed by atoms with Gasteiger partial charge in [0.25, 0.3) is 5.91 Å². The third-order valence-corrected chi connectivity index (χ3v) is 6.09. The van der Waals surface area contributed by atoms with Crippen LogP contribution in [-0.4, -0.2) is 54.6 Å². The molecule has 1 aromatic heterocycles. The Morgan fingerprint density at radius 1 is 1.19 bits per heavy atom. The number of thiophene rings is 1. The van der Waals surface area contributed by atoms with Gasteiger partial charge in [0.2, 0.25) is 0 Å². The Labute approximate surface area is 170 Å². The van der Waals surface area contributed by atoms with Crippen molar-refractivity contribution in [2.24, 2.45) is 5.10 Å². The van der Waals surface area contributed by atoms with Crippen LogP contribution in [0.5, 0.6) is 0 Å². The van der Waals surface area contributed by atoms with Gasteiger partial charge < -0.3 is 0 Å². The third-order valence-electron chi connectivity index (χ3n) is 4.16. The number of rotatable bonds is 6. The number of benzene rings is 1. The van der Waals surface area contributed by atoms with Crippen molar-refractivity contribution in [3.63, 3.8) is 0 Å². The Morgan fingerprint density at radius 2 is 1.92 bits per heavy atom. The third kappa shape index (κ3) is 5.89. The van der Waals surface area contributed by atoms with Crippen molar-refractivity contribution in [3.8, 4) is 0 Å². The lowest BCUT2D eigenvalue weighted by Gasteiger charge is -2.34. The zero-order valence-electron chi connectivity index (χ0n) is 14.2. The minimum absolute atomic E-state index is 0.0866. The minimum Gasteiger partial charge on any atom is -0.296 e. The first-order chi connectivity index (χ1) is 12.6. The van der Waals surface area contributed by atoms with Gasteiger partial charge in [-0.05, 0) is 39.7 Å². The molecule has 0 unspecified atom stereocenters. The van der Waals surface area contributed by atoms with E-state index in [1.807, 2.05) is 30.3 Å². The van der Waals surface area contributed by atoms with Crippen molar-refractivity contribution in [1.82, 2.24) is 15.2 Å². The van der Waals surface area contributed by atoms with Crippen LogP contribution < -0.4 is 5.43 Å². The standard InChI is InChI=1S/C18H20BrClN4OS/c19-17-6-5-15(26-17)11-21-22-18(25)13-24-9-7-23(8-10-24)12-14-3-1-2-4-16(14)20/h1-6,11H,7-10,12-13H2,(H,22,25). The summed E-state index contributed by atoms with van der Waals surface area (Å²) in [5, 5.41) is 4.82. The largest absolute Gasteiger partial charge is 0.296 e. The van der Waals surface area contributed by atoms with Gasteiger partial charge in [-0.1, -0.05) is 29.8 Å². The molecule has 0 saturated carbocycles. The van der Waals surface area contributed by atoms with Crippen molar-refractivity contribution >= 4 is 51.0 Å². The maximum absolute atomic E-state index is 12.0. The fraction of sp³-hybridized carbons (Fsp3) is 0.333. The van der Waals surface area contributed by atoms with E-state index in [0.29, 0.717) is 6.54 Å². The monoisotopic (exact) mass is 454 g/mol. The van der Waals surface area contributed by atoms with E-state index in [0.717, 1.165) is 52.0 Å². The van der Waals surface area contributed by atoms with Crippen LogP contribution in [0.2, 0.25) is 5.02 Å². The predicted molar refractivity (Wildman–Crippen MR) is 111 cm³/mol. The van der Waals surface area contributed by atoms with Crippen molar-refractivity contribution in [3.05, 3.63) is 55.6 Å². The molecule has 1 fully saturated rings. The van der Waals surface area contributed by atoms with Crippen molar-refractivity contribution in [1.29, 1.82) is 0 Å². The summed E-state index contributed by atoms with van der Waals surface area (Å²) >= 11 is 11.2. The number of carbonyl (C=O) groups excluding carboxylic acids is 1. The molecule has 1 amide bonds. The molecule has 2 aromatic rings. The Balaban J connectivity index is 1.39. The smallest absolute Gasteiger partial charge is 0.254 e. The molecule has 26 heavy (non-hydrogen) atoms. The van der Waals surface area contributed by atoms with Crippen LogP contribution in [-0.2, 0) is 11.3 Å². The fourth-order valence-corrected chi connectivity index (χ4v) is 4.27. The lowest BCUT2D eigenvalue weighted by molar-refractivity contribution is -0.122. The molecular weight excluding hydrogens is 436 g/mol. The summed E-state index contributed by atoms with van der Waals surface area (Å²) in [6.45, 7) is 4.78. The first kappa shape index (κ1) is 19.5. The molecule has 0 atom stereocenters. The molecule has 8 heteroatoms. The number of hydrogen-bond donors (Lipinski definition) is 1. The zero-order chi connectivity index (χ0) is 18.4. The Hall–Kier alpha value is -1.25. The summed E-state index contributed by atoms with van der Waals surface area (Å²) < 4.78 is 1.04. The molecule has 0 spiro atoms. The molecule has 2 heterocycles. The summed E-state index contributed by atoms with van der Waals surface area (Å²) in [5.74, 6) is -0.0866. The Morgan fingerprint density at radius 3 is 2.62 bits per heavy atom. The summed E-state index contributed by atoms with van der Waals surface area (Å²) in [6, 6.07) is 11.8. The molecule has 5 nitrogen and oxygen atoms in total. The molecule has 0 aliphatic carbocycles. The van der Waals surface area contributed by atoms with E-state index >= 15 is 0 Å². The second-order valence-corrected chi connectivity index (χ2v) is 8.98. The molecule has 0 bridgehead atoms. The van der Waals surface area contributed by atoms with Gasteiger partial charge in [-0.15, -0.1) is 11.3 Å². The van der Waals surface area contributed by atoms with Gasteiger partial charge in [-0.25, -0.2) is 5.43 Å². The van der Waals surface area contributed by atoms with Crippen LogP contribution in [0.3, 0.4) is 0 Å². The number of hydrazone groups is 1. The van der Waals surface area contributed by atoms with Gasteiger partial charge in [0.05, 0.1) is 16.5 Å². The highest BCUT2D eigenvalue weighted by atomic mass is 79.9. The number of amides is 1. The van der Waals surface area contributed by atoms with Gasteiger partial charge in [-0.2, -0.15) is 5.10 Å². The number of nitrogens with one attached hydrogen (secondary N) is 1. The van der Waals surface area contributed by atoms with Gasteiger partial charge in [0.15, 0.2) is 0 Å². The highest BCUT2D eigenvalue weighted by Crippen LogP contribution is 2.20. The topological polar surface area (TPSA) is 47.9 Å².